The molecule has 0 aliphatic carbocycles. The molecule has 0 amide bonds. The number of halogens is 2. The van der Waals surface area contributed by atoms with E-state index in [0.29, 0.717) is 17.0 Å². The molecular weight excluding hydrogens is 337 g/mol. The van der Waals surface area contributed by atoms with Crippen molar-refractivity contribution in [1.29, 1.82) is 0 Å². The van der Waals surface area contributed by atoms with Crippen LogP contribution in [0.2, 0.25) is 0 Å². The van der Waals surface area contributed by atoms with Gasteiger partial charge in [0.1, 0.15) is 5.82 Å². The minimum Gasteiger partial charge on any atom is -0.378 e. The van der Waals surface area contributed by atoms with Gasteiger partial charge in [-0.05, 0) is 53.4 Å². The molecule has 1 N–H and O–H groups in total. The van der Waals surface area contributed by atoms with Gasteiger partial charge in [-0.3, -0.25) is 0 Å². The van der Waals surface area contributed by atoms with Crippen molar-refractivity contribution in [3.8, 4) is 0 Å². The van der Waals surface area contributed by atoms with Crippen LogP contribution in [0.25, 0.3) is 0 Å². The highest BCUT2D eigenvalue weighted by Crippen LogP contribution is 2.42. The third kappa shape index (κ3) is 3.02. The lowest BCUT2D eigenvalue weighted by atomic mass is 9.79. The first-order valence-corrected chi connectivity index (χ1v) is 8.27. The van der Waals surface area contributed by atoms with Gasteiger partial charge < -0.3 is 14.8 Å². The zero-order valence-corrected chi connectivity index (χ0v) is 13.8. The number of hydrogen-bond acceptors (Lipinski definition) is 3. The molecule has 3 atom stereocenters. The van der Waals surface area contributed by atoms with Crippen molar-refractivity contribution < 1.29 is 13.9 Å². The largest absolute Gasteiger partial charge is 0.378 e. The Morgan fingerprint density at radius 2 is 2.29 bits per heavy atom. The molecule has 3 nitrogen and oxygen atoms in total. The average molecular weight is 358 g/mol. The number of rotatable bonds is 3. The second-order valence-electron chi connectivity index (χ2n) is 6.00. The van der Waals surface area contributed by atoms with Gasteiger partial charge in [-0.2, -0.15) is 0 Å². The Kier molecular flexibility index (Phi) is 4.64. The molecule has 3 unspecified atom stereocenters. The number of benzene rings is 1. The molecule has 0 bridgehead atoms. The first-order valence-electron chi connectivity index (χ1n) is 7.48. The highest BCUT2D eigenvalue weighted by molar-refractivity contribution is 9.10. The predicted octanol–water partition coefficient (Wildman–Crippen LogP) is 3.43. The van der Waals surface area contributed by atoms with Gasteiger partial charge in [-0.1, -0.05) is 12.1 Å². The van der Waals surface area contributed by atoms with Crippen molar-refractivity contribution in [2.75, 3.05) is 26.9 Å². The Bertz CT molecular complexity index is 505. The maximum absolute atomic E-state index is 13.8. The summed E-state index contributed by atoms with van der Waals surface area (Å²) in [4.78, 5) is 0. The average Bonchev–Trinajstić information content (AvgIpc) is 2.92. The third-order valence-electron chi connectivity index (χ3n) is 4.70. The Labute approximate surface area is 133 Å². The number of ether oxygens (including phenoxy) is 2. The van der Waals surface area contributed by atoms with Crippen LogP contribution in [0.4, 0.5) is 4.39 Å². The van der Waals surface area contributed by atoms with Crippen molar-refractivity contribution in [2.24, 2.45) is 5.92 Å². The minimum atomic E-state index is -0.210. The lowest BCUT2D eigenvalue weighted by molar-refractivity contribution is -0.103. The molecule has 2 fully saturated rings. The molecule has 5 heteroatoms. The van der Waals surface area contributed by atoms with E-state index in [9.17, 15) is 4.39 Å². The van der Waals surface area contributed by atoms with Gasteiger partial charge in [0.25, 0.3) is 0 Å². The molecule has 21 heavy (non-hydrogen) atoms. The van der Waals surface area contributed by atoms with E-state index in [1.807, 2.05) is 13.1 Å². The fourth-order valence-corrected chi connectivity index (χ4v) is 4.13. The van der Waals surface area contributed by atoms with E-state index in [4.69, 9.17) is 9.47 Å². The fourth-order valence-electron chi connectivity index (χ4n) is 3.62. The Hall–Kier alpha value is -0.490. The summed E-state index contributed by atoms with van der Waals surface area (Å²) in [5.41, 5.74) is 0.858. The van der Waals surface area contributed by atoms with Gasteiger partial charge in [0, 0.05) is 25.7 Å². The predicted molar refractivity (Wildman–Crippen MR) is 82.7 cm³/mol. The molecule has 1 aromatic rings. The van der Waals surface area contributed by atoms with Crippen LogP contribution in [0.3, 0.4) is 0 Å². The molecule has 1 spiro atoms. The second kappa shape index (κ2) is 6.32. The molecule has 0 radical (unpaired) electrons. The molecule has 2 aliphatic rings. The van der Waals surface area contributed by atoms with Crippen LogP contribution < -0.4 is 5.32 Å². The highest BCUT2D eigenvalue weighted by Gasteiger charge is 2.43. The van der Waals surface area contributed by atoms with Crippen LogP contribution in [0.1, 0.15) is 30.9 Å². The van der Waals surface area contributed by atoms with Crippen molar-refractivity contribution in [3.63, 3.8) is 0 Å². The van der Waals surface area contributed by atoms with E-state index in [0.717, 1.165) is 38.0 Å². The smallest absolute Gasteiger partial charge is 0.137 e. The molecule has 3 rings (SSSR count). The Morgan fingerprint density at radius 1 is 1.43 bits per heavy atom. The molecular formula is C16H21BrFNO2. The summed E-state index contributed by atoms with van der Waals surface area (Å²) >= 11 is 3.39. The van der Waals surface area contributed by atoms with Crippen LogP contribution in [0.15, 0.2) is 22.7 Å². The molecule has 0 saturated carbocycles. The van der Waals surface area contributed by atoms with E-state index < -0.39 is 0 Å². The van der Waals surface area contributed by atoms with Crippen molar-refractivity contribution >= 4 is 15.9 Å². The van der Waals surface area contributed by atoms with E-state index in [1.165, 1.54) is 6.07 Å². The van der Waals surface area contributed by atoms with E-state index in [-0.39, 0.29) is 17.5 Å². The Balaban J connectivity index is 1.84. The highest BCUT2D eigenvalue weighted by atomic mass is 79.9. The maximum atomic E-state index is 13.8. The number of hydrogen-bond donors (Lipinski definition) is 1. The second-order valence-corrected chi connectivity index (χ2v) is 6.79. The van der Waals surface area contributed by atoms with E-state index in [1.54, 1.807) is 6.07 Å². The summed E-state index contributed by atoms with van der Waals surface area (Å²) in [7, 11) is 1.94. The van der Waals surface area contributed by atoms with E-state index >= 15 is 0 Å². The van der Waals surface area contributed by atoms with Gasteiger partial charge in [0.05, 0.1) is 16.7 Å². The molecule has 116 valence electrons. The monoisotopic (exact) mass is 357 g/mol. The summed E-state index contributed by atoms with van der Waals surface area (Å²) in [5.74, 6) is 0.210. The summed E-state index contributed by atoms with van der Waals surface area (Å²) < 4.78 is 25.9. The molecule has 2 saturated heterocycles. The molecule has 2 aliphatic heterocycles. The maximum Gasteiger partial charge on any atom is 0.137 e. The minimum absolute atomic E-state index is 0.122. The van der Waals surface area contributed by atoms with Crippen LogP contribution in [-0.4, -0.2) is 32.5 Å². The first kappa shape index (κ1) is 15.4. The van der Waals surface area contributed by atoms with Crippen molar-refractivity contribution in [1.82, 2.24) is 5.32 Å². The lowest BCUT2D eigenvalue weighted by Crippen LogP contribution is -2.43. The summed E-state index contributed by atoms with van der Waals surface area (Å²) in [5, 5.41) is 3.37. The lowest BCUT2D eigenvalue weighted by Gasteiger charge is -2.40. The van der Waals surface area contributed by atoms with Crippen molar-refractivity contribution in [3.05, 3.63) is 34.1 Å². The van der Waals surface area contributed by atoms with Crippen LogP contribution in [-0.2, 0) is 9.47 Å². The van der Waals surface area contributed by atoms with E-state index in [2.05, 4.69) is 21.2 Å². The topological polar surface area (TPSA) is 30.5 Å². The normalized spacial score (nSPS) is 30.7. The first-order chi connectivity index (χ1) is 10.2. The zero-order chi connectivity index (χ0) is 14.9. The number of nitrogens with one attached hydrogen (secondary N) is 1. The standard InChI is InChI=1S/C16H21BrFNO2/c1-19-15(12-3-2-4-13(18)14(12)17)11-5-7-21-16(9-11)6-8-20-10-16/h2-4,11,15,19H,5-10H2,1H3. The van der Waals surface area contributed by atoms with Crippen LogP contribution in [0.5, 0.6) is 0 Å². The fraction of sp³-hybridized carbons (Fsp3) is 0.625. The van der Waals surface area contributed by atoms with Crippen LogP contribution >= 0.6 is 15.9 Å². The van der Waals surface area contributed by atoms with Gasteiger partial charge in [-0.25, -0.2) is 4.39 Å². The Morgan fingerprint density at radius 3 is 3.00 bits per heavy atom. The molecule has 0 aromatic heterocycles. The van der Waals surface area contributed by atoms with Gasteiger partial charge in [0.2, 0.25) is 0 Å². The summed E-state index contributed by atoms with van der Waals surface area (Å²) in [6, 6.07) is 5.36. The van der Waals surface area contributed by atoms with Gasteiger partial charge >= 0.3 is 0 Å². The summed E-state index contributed by atoms with van der Waals surface area (Å²) in [6.45, 7) is 2.21. The third-order valence-corrected chi connectivity index (χ3v) is 5.53. The summed E-state index contributed by atoms with van der Waals surface area (Å²) in [6.07, 6.45) is 2.90. The van der Waals surface area contributed by atoms with Crippen molar-refractivity contribution in [2.45, 2.75) is 30.9 Å². The quantitative estimate of drug-likeness (QED) is 0.898. The molecule has 2 heterocycles. The SMILES string of the molecule is CNC(c1cccc(F)c1Br)C1CCOC2(CCOC2)C1. The van der Waals surface area contributed by atoms with Gasteiger partial charge in [0.15, 0.2) is 0 Å². The van der Waals surface area contributed by atoms with Gasteiger partial charge in [-0.15, -0.1) is 0 Å². The van der Waals surface area contributed by atoms with Crippen LogP contribution in [0, 0.1) is 11.7 Å². The zero-order valence-electron chi connectivity index (χ0n) is 12.2. The molecule has 1 aromatic carbocycles.